The molecule has 3 rings (SSSR count). The third kappa shape index (κ3) is 2.99. The molecule has 0 spiro atoms. The molecule has 0 bridgehead atoms. The molecule has 0 radical (unpaired) electrons. The first-order chi connectivity index (χ1) is 11.4. The highest BCUT2D eigenvalue weighted by atomic mass is 127. The highest BCUT2D eigenvalue weighted by molar-refractivity contribution is 14.1. The average Bonchev–Trinajstić information content (AvgIpc) is 3.35. The number of benzene rings is 1. The van der Waals surface area contributed by atoms with E-state index in [1.54, 1.807) is 6.07 Å². The molecule has 124 valence electrons. The number of rotatable bonds is 5. The molecule has 1 aliphatic heterocycles. The Labute approximate surface area is 153 Å². The Morgan fingerprint density at radius 2 is 2.21 bits per heavy atom. The second-order valence-electron chi connectivity index (χ2n) is 5.28. The van der Waals surface area contributed by atoms with Crippen LogP contribution >= 0.6 is 31.8 Å². The normalized spacial score (nSPS) is 21.6. The molecule has 0 aliphatic carbocycles. The van der Waals surface area contributed by atoms with Gasteiger partial charge in [-0.05, 0) is 46.9 Å². The second-order valence-corrected chi connectivity index (χ2v) is 7.32. The van der Waals surface area contributed by atoms with Gasteiger partial charge in [0.15, 0.2) is 17.6 Å². The Hall–Kier alpha value is -1.36. The standard InChI is InChI=1S/C16H12F2IN2O2P/c17-13-7-10(19)1-3-12(13)15(9-23-15)16(18,24)14-4-2-11(8-21-14)22-6-5-20/h1-4,7-8H,6,9,24H2. The van der Waals surface area contributed by atoms with Crippen LogP contribution in [-0.2, 0) is 15.7 Å². The molecule has 1 fully saturated rings. The maximum Gasteiger partial charge on any atom is 0.200 e. The van der Waals surface area contributed by atoms with Crippen LogP contribution in [0.4, 0.5) is 8.78 Å². The maximum absolute atomic E-state index is 15.5. The highest BCUT2D eigenvalue weighted by Gasteiger charge is 2.64. The lowest BCUT2D eigenvalue weighted by molar-refractivity contribution is 0.121. The summed E-state index contributed by atoms with van der Waals surface area (Å²) in [4.78, 5) is 4.05. The number of epoxide rings is 1. The molecule has 2 aromatic rings. The highest BCUT2D eigenvalue weighted by Crippen LogP contribution is 2.58. The first kappa shape index (κ1) is 17.5. The molecule has 2 heterocycles. The minimum absolute atomic E-state index is 0.0544. The molecule has 1 aliphatic rings. The molecule has 0 saturated carbocycles. The summed E-state index contributed by atoms with van der Waals surface area (Å²) in [7, 11) is 2.08. The molecular formula is C16H12F2IN2O2P. The molecule has 1 saturated heterocycles. The van der Waals surface area contributed by atoms with Gasteiger partial charge in [0, 0.05) is 9.13 Å². The van der Waals surface area contributed by atoms with Crippen LogP contribution in [-0.4, -0.2) is 18.2 Å². The summed E-state index contributed by atoms with van der Waals surface area (Å²) in [5.74, 6) is -0.162. The van der Waals surface area contributed by atoms with Crippen LogP contribution in [0.1, 0.15) is 11.3 Å². The number of nitriles is 1. The van der Waals surface area contributed by atoms with Crippen LogP contribution in [0.25, 0.3) is 0 Å². The number of aromatic nitrogens is 1. The van der Waals surface area contributed by atoms with Crippen molar-refractivity contribution < 1.29 is 18.3 Å². The van der Waals surface area contributed by atoms with Gasteiger partial charge >= 0.3 is 0 Å². The van der Waals surface area contributed by atoms with Crippen molar-refractivity contribution in [2.45, 2.75) is 11.0 Å². The zero-order valence-corrected chi connectivity index (χ0v) is 15.6. The fraction of sp³-hybridized carbons (Fsp3) is 0.250. The summed E-state index contributed by atoms with van der Waals surface area (Å²) in [5.41, 5.74) is -1.19. The van der Waals surface area contributed by atoms with E-state index >= 15 is 4.39 Å². The number of hydrogen-bond acceptors (Lipinski definition) is 4. The summed E-state index contributed by atoms with van der Waals surface area (Å²) < 4.78 is 41.0. The Balaban J connectivity index is 1.93. The van der Waals surface area contributed by atoms with E-state index in [2.05, 4.69) is 14.2 Å². The largest absolute Gasteiger partial charge is 0.477 e. The van der Waals surface area contributed by atoms with E-state index in [0.717, 1.165) is 3.57 Å². The smallest absolute Gasteiger partial charge is 0.200 e. The molecule has 8 heteroatoms. The van der Waals surface area contributed by atoms with Crippen molar-refractivity contribution in [3.8, 4) is 11.8 Å². The number of hydrogen-bond donors (Lipinski definition) is 0. The van der Waals surface area contributed by atoms with Gasteiger partial charge in [-0.15, -0.1) is 0 Å². The predicted molar refractivity (Wildman–Crippen MR) is 94.6 cm³/mol. The lowest BCUT2D eigenvalue weighted by atomic mass is 9.91. The Kier molecular flexibility index (Phi) is 4.73. The fourth-order valence-electron chi connectivity index (χ4n) is 2.45. The van der Waals surface area contributed by atoms with Crippen molar-refractivity contribution in [1.82, 2.24) is 4.98 Å². The van der Waals surface area contributed by atoms with Crippen LogP contribution in [0.3, 0.4) is 0 Å². The first-order valence-electron chi connectivity index (χ1n) is 6.94. The topological polar surface area (TPSA) is 58.4 Å². The molecule has 0 N–H and O–H groups in total. The van der Waals surface area contributed by atoms with E-state index in [4.69, 9.17) is 14.7 Å². The molecule has 3 atom stereocenters. The van der Waals surface area contributed by atoms with Crippen molar-refractivity contribution in [2.75, 3.05) is 13.2 Å². The summed E-state index contributed by atoms with van der Waals surface area (Å²) in [6.07, 6.45) is 1.32. The third-order valence-electron chi connectivity index (χ3n) is 3.80. The molecule has 1 aromatic heterocycles. The van der Waals surface area contributed by atoms with Crippen molar-refractivity contribution in [2.24, 2.45) is 0 Å². The van der Waals surface area contributed by atoms with E-state index in [0.29, 0.717) is 5.75 Å². The first-order valence-corrected chi connectivity index (χ1v) is 8.60. The lowest BCUT2D eigenvalue weighted by Gasteiger charge is -2.28. The maximum atomic E-state index is 15.5. The van der Waals surface area contributed by atoms with Gasteiger partial charge in [0.05, 0.1) is 18.5 Å². The molecule has 0 amide bonds. The molecule has 24 heavy (non-hydrogen) atoms. The summed E-state index contributed by atoms with van der Waals surface area (Å²) in [6.45, 7) is -0.0670. The summed E-state index contributed by atoms with van der Waals surface area (Å²) >= 11 is 1.99. The number of alkyl halides is 1. The molecule has 4 nitrogen and oxygen atoms in total. The SMILES string of the molecule is N#CCOc1ccc(C(F)(P)C2(c3ccc(I)cc3F)CO2)nc1. The van der Waals surface area contributed by atoms with E-state index in [9.17, 15) is 4.39 Å². The van der Waals surface area contributed by atoms with Crippen LogP contribution in [0, 0.1) is 20.7 Å². The molecular weight excluding hydrogens is 448 g/mol. The minimum atomic E-state index is -2.10. The van der Waals surface area contributed by atoms with Gasteiger partial charge in [-0.3, -0.25) is 4.98 Å². The summed E-state index contributed by atoms with van der Waals surface area (Å²) in [5, 5.41) is 6.38. The van der Waals surface area contributed by atoms with Crippen molar-refractivity contribution in [3.05, 3.63) is 57.2 Å². The minimum Gasteiger partial charge on any atom is -0.477 e. The van der Waals surface area contributed by atoms with Crippen LogP contribution in [0.2, 0.25) is 0 Å². The van der Waals surface area contributed by atoms with Crippen molar-refractivity contribution >= 4 is 31.8 Å². The molecule has 3 unspecified atom stereocenters. The lowest BCUT2D eigenvalue weighted by Crippen LogP contribution is -2.32. The van der Waals surface area contributed by atoms with E-state index in [1.165, 1.54) is 30.5 Å². The zero-order chi connectivity index (χ0) is 17.4. The number of nitrogens with zero attached hydrogens (tertiary/aromatic N) is 2. The van der Waals surface area contributed by atoms with Crippen molar-refractivity contribution in [3.63, 3.8) is 0 Å². The Morgan fingerprint density at radius 3 is 2.75 bits per heavy atom. The predicted octanol–water partition coefficient (Wildman–Crippen LogP) is 3.65. The Morgan fingerprint density at radius 1 is 1.46 bits per heavy atom. The van der Waals surface area contributed by atoms with E-state index < -0.39 is 16.8 Å². The van der Waals surface area contributed by atoms with Crippen LogP contribution in [0.5, 0.6) is 5.75 Å². The van der Waals surface area contributed by atoms with Crippen LogP contribution in [0.15, 0.2) is 36.5 Å². The van der Waals surface area contributed by atoms with Gasteiger partial charge in [-0.25, -0.2) is 8.78 Å². The number of pyridine rings is 1. The van der Waals surface area contributed by atoms with E-state index in [1.807, 2.05) is 28.7 Å². The number of ether oxygens (including phenoxy) is 2. The van der Waals surface area contributed by atoms with Gasteiger partial charge in [0.25, 0.3) is 0 Å². The number of halogens is 3. The van der Waals surface area contributed by atoms with Gasteiger partial charge in [0.2, 0.25) is 0 Å². The van der Waals surface area contributed by atoms with Gasteiger partial charge in [-0.1, -0.05) is 15.3 Å². The van der Waals surface area contributed by atoms with Gasteiger partial charge in [0.1, 0.15) is 17.6 Å². The second kappa shape index (κ2) is 6.51. The molecule has 1 aromatic carbocycles. The van der Waals surface area contributed by atoms with Gasteiger partial charge in [-0.2, -0.15) is 5.26 Å². The monoisotopic (exact) mass is 460 g/mol. The van der Waals surface area contributed by atoms with E-state index in [-0.39, 0.29) is 24.5 Å². The van der Waals surface area contributed by atoms with Crippen molar-refractivity contribution in [1.29, 1.82) is 5.26 Å². The third-order valence-corrected chi connectivity index (χ3v) is 5.23. The van der Waals surface area contributed by atoms with Gasteiger partial charge < -0.3 is 9.47 Å². The zero-order valence-electron chi connectivity index (χ0n) is 12.3. The Bertz CT molecular complexity index is 805. The van der Waals surface area contributed by atoms with Crippen LogP contribution < -0.4 is 4.74 Å². The average molecular weight is 460 g/mol. The summed E-state index contributed by atoms with van der Waals surface area (Å²) in [6, 6.07) is 9.37. The fourth-order valence-corrected chi connectivity index (χ4v) is 3.40. The quantitative estimate of drug-likeness (QED) is 0.389.